The Balaban J connectivity index is 1.53. The summed E-state index contributed by atoms with van der Waals surface area (Å²) in [5.74, 6) is -0.280. The Bertz CT molecular complexity index is 1940. The summed E-state index contributed by atoms with van der Waals surface area (Å²) in [5, 5.41) is 12.8. The van der Waals surface area contributed by atoms with E-state index >= 15 is 0 Å². The maximum absolute atomic E-state index is 14.5. The van der Waals surface area contributed by atoms with Gasteiger partial charge in [-0.1, -0.05) is 75.6 Å². The molecular formula is C36H37BrN6O6S. The van der Waals surface area contributed by atoms with Crippen molar-refractivity contribution in [2.45, 2.75) is 42.3 Å². The number of rotatable bonds is 17. The lowest BCUT2D eigenvalue weighted by Gasteiger charge is -2.31. The van der Waals surface area contributed by atoms with Crippen molar-refractivity contribution >= 4 is 37.6 Å². The van der Waals surface area contributed by atoms with E-state index in [1.165, 1.54) is 12.1 Å². The van der Waals surface area contributed by atoms with Crippen molar-refractivity contribution in [2.24, 2.45) is 10.1 Å². The lowest BCUT2D eigenvalue weighted by Crippen LogP contribution is -2.53. The molecule has 12 nitrogen and oxygen atoms in total. The second-order valence-corrected chi connectivity index (χ2v) is 14.5. The highest BCUT2D eigenvalue weighted by Crippen LogP contribution is 2.44. The summed E-state index contributed by atoms with van der Waals surface area (Å²) in [4.78, 5) is 22.4. The van der Waals surface area contributed by atoms with Crippen LogP contribution in [0.2, 0.25) is 0 Å². The average Bonchev–Trinajstić information content (AvgIpc) is 3.54. The standard InChI is InChI=1S/C36H37BrN6O6S/c37-29-15-11-26(12-16-29)19-21-39-42-35(45)36(20-24-50(46,47)31-8-2-1-3-9-31)33(32-10-5-4-7-28(32)25-40-43-38)49-34(41-36)27-13-17-30(18-14-27)48-23-6-22-44/h1-5,7-18,33,39,44H,6,19-25H2,(H,42,45)/t33-,36-/m0/s1. The number of nitrogens with zero attached hydrogens (tertiary/aromatic N) is 4. The SMILES string of the molecule is [N-]=[N+]=NCc1ccccc1[C@@H]1OC(c2ccc(OCCCO)cc2)=N[C@]1(CCS(=O)(=O)c1ccccc1)C(=O)NNCCc1ccc(Br)cc1. The molecule has 1 heterocycles. The first-order valence-electron chi connectivity index (χ1n) is 16.0. The topological polar surface area (TPSA) is 175 Å². The molecule has 0 fully saturated rings. The number of aliphatic hydroxyl groups excluding tert-OH is 1. The van der Waals surface area contributed by atoms with Gasteiger partial charge in [0.15, 0.2) is 21.5 Å². The Morgan fingerprint density at radius 1 is 1.02 bits per heavy atom. The van der Waals surface area contributed by atoms with E-state index < -0.39 is 33.1 Å². The van der Waals surface area contributed by atoms with Crippen molar-refractivity contribution in [3.63, 3.8) is 0 Å². The van der Waals surface area contributed by atoms with Crippen LogP contribution in [0.4, 0.5) is 0 Å². The summed E-state index contributed by atoms with van der Waals surface area (Å²) in [6.45, 7) is 0.714. The van der Waals surface area contributed by atoms with E-state index in [1.54, 1.807) is 66.7 Å². The molecule has 14 heteroatoms. The number of ether oxygens (including phenoxy) is 2. The minimum Gasteiger partial charge on any atom is -0.494 e. The van der Waals surface area contributed by atoms with Gasteiger partial charge in [0.2, 0.25) is 5.90 Å². The predicted octanol–water partition coefficient (Wildman–Crippen LogP) is 6.01. The average molecular weight is 762 g/mol. The highest BCUT2D eigenvalue weighted by Gasteiger charge is 2.54. The molecule has 0 aromatic heterocycles. The van der Waals surface area contributed by atoms with Crippen LogP contribution in [0.3, 0.4) is 0 Å². The molecular weight excluding hydrogens is 724 g/mol. The third-order valence-corrected chi connectivity index (χ3v) is 10.4. The van der Waals surface area contributed by atoms with E-state index in [2.05, 4.69) is 36.8 Å². The van der Waals surface area contributed by atoms with Crippen molar-refractivity contribution in [3.8, 4) is 5.75 Å². The monoisotopic (exact) mass is 760 g/mol. The number of azide groups is 1. The summed E-state index contributed by atoms with van der Waals surface area (Å²) in [7, 11) is -3.84. The van der Waals surface area contributed by atoms with E-state index in [4.69, 9.17) is 25.1 Å². The predicted molar refractivity (Wildman–Crippen MR) is 193 cm³/mol. The molecule has 260 valence electrons. The van der Waals surface area contributed by atoms with Gasteiger partial charge in [0.05, 0.1) is 23.8 Å². The van der Waals surface area contributed by atoms with Crippen LogP contribution in [0.5, 0.6) is 5.75 Å². The van der Waals surface area contributed by atoms with Crippen molar-refractivity contribution in [3.05, 3.63) is 140 Å². The Morgan fingerprint density at radius 2 is 1.74 bits per heavy atom. The first kappa shape index (κ1) is 36.6. The lowest BCUT2D eigenvalue weighted by atomic mass is 9.83. The van der Waals surface area contributed by atoms with Crippen molar-refractivity contribution in [1.82, 2.24) is 10.9 Å². The summed E-state index contributed by atoms with van der Waals surface area (Å²) in [5.41, 5.74) is 15.9. The molecule has 0 bridgehead atoms. The smallest absolute Gasteiger partial charge is 0.266 e. The van der Waals surface area contributed by atoms with Crippen molar-refractivity contribution in [2.75, 3.05) is 25.5 Å². The number of hydrazine groups is 1. The van der Waals surface area contributed by atoms with Crippen LogP contribution in [0.15, 0.2) is 123 Å². The second-order valence-electron chi connectivity index (χ2n) is 11.5. The van der Waals surface area contributed by atoms with Crippen molar-refractivity contribution in [1.29, 1.82) is 0 Å². The molecule has 5 rings (SSSR count). The summed E-state index contributed by atoms with van der Waals surface area (Å²) in [6.07, 6.45) is -0.215. The molecule has 1 aliphatic heterocycles. The molecule has 0 saturated carbocycles. The van der Waals surface area contributed by atoms with Gasteiger partial charge in [0, 0.05) is 40.9 Å². The van der Waals surface area contributed by atoms with Crippen LogP contribution < -0.4 is 15.6 Å². The fourth-order valence-electron chi connectivity index (χ4n) is 5.53. The molecule has 2 atom stereocenters. The first-order valence-corrected chi connectivity index (χ1v) is 18.4. The minimum absolute atomic E-state index is 0.00844. The van der Waals surface area contributed by atoms with Gasteiger partial charge in [-0.2, -0.15) is 0 Å². The van der Waals surface area contributed by atoms with Crippen LogP contribution in [0, 0.1) is 0 Å². The third kappa shape index (κ3) is 9.09. The van der Waals surface area contributed by atoms with Crippen LogP contribution in [0.25, 0.3) is 10.4 Å². The molecule has 0 spiro atoms. The van der Waals surface area contributed by atoms with Gasteiger partial charge in [-0.05, 0) is 77.2 Å². The highest BCUT2D eigenvalue weighted by atomic mass is 79.9. The molecule has 0 unspecified atom stereocenters. The fraction of sp³-hybridized carbons (Fsp3) is 0.278. The highest BCUT2D eigenvalue weighted by molar-refractivity contribution is 9.10. The van der Waals surface area contributed by atoms with E-state index in [9.17, 15) is 13.2 Å². The normalized spacial score (nSPS) is 16.9. The van der Waals surface area contributed by atoms with Gasteiger partial charge in [-0.3, -0.25) is 10.2 Å². The molecule has 0 saturated heterocycles. The molecule has 1 aliphatic rings. The number of hydrogen-bond acceptors (Lipinski definition) is 9. The Kier molecular flexibility index (Phi) is 12.6. The Morgan fingerprint density at radius 3 is 2.46 bits per heavy atom. The maximum Gasteiger partial charge on any atom is 0.266 e. The number of benzene rings is 4. The van der Waals surface area contributed by atoms with Gasteiger partial charge in [-0.25, -0.2) is 18.8 Å². The molecule has 1 amide bonds. The first-order chi connectivity index (χ1) is 24.3. The van der Waals surface area contributed by atoms with Gasteiger partial charge in [0.1, 0.15) is 5.75 Å². The molecule has 4 aromatic rings. The maximum atomic E-state index is 14.5. The Hall–Kier alpha value is -4.72. The lowest BCUT2D eigenvalue weighted by molar-refractivity contribution is -0.130. The van der Waals surface area contributed by atoms with Gasteiger partial charge < -0.3 is 14.6 Å². The summed E-state index contributed by atoms with van der Waals surface area (Å²) < 4.78 is 40.4. The molecule has 4 aromatic carbocycles. The van der Waals surface area contributed by atoms with Crippen molar-refractivity contribution < 1.29 is 27.8 Å². The third-order valence-electron chi connectivity index (χ3n) is 8.18. The minimum atomic E-state index is -3.84. The van der Waals surface area contributed by atoms with Gasteiger partial charge in [0.25, 0.3) is 5.91 Å². The molecule has 3 N–H and O–H groups in total. The van der Waals surface area contributed by atoms with E-state index in [0.29, 0.717) is 48.4 Å². The molecule has 0 radical (unpaired) electrons. The number of amides is 1. The number of aliphatic hydroxyl groups is 1. The number of sulfone groups is 1. The number of carbonyl (C=O) groups excluding carboxylic acids is 1. The van der Waals surface area contributed by atoms with Gasteiger partial charge >= 0.3 is 0 Å². The number of halogens is 1. The zero-order chi connectivity index (χ0) is 35.4. The van der Waals surface area contributed by atoms with Crippen LogP contribution in [0.1, 0.15) is 41.2 Å². The quantitative estimate of drug-likeness (QED) is 0.0389. The zero-order valence-corrected chi connectivity index (χ0v) is 29.5. The number of aliphatic imine (C=N–C) groups is 1. The summed E-state index contributed by atoms with van der Waals surface area (Å²) >= 11 is 3.44. The van der Waals surface area contributed by atoms with Gasteiger partial charge in [-0.15, -0.1) is 0 Å². The molecule has 0 aliphatic carbocycles. The zero-order valence-electron chi connectivity index (χ0n) is 27.1. The summed E-state index contributed by atoms with van der Waals surface area (Å²) in [6, 6.07) is 29.9. The largest absolute Gasteiger partial charge is 0.494 e. The van der Waals surface area contributed by atoms with Crippen LogP contribution in [-0.4, -0.2) is 56.4 Å². The fourth-order valence-corrected chi connectivity index (χ4v) is 7.19. The molecule has 50 heavy (non-hydrogen) atoms. The Labute approximate surface area is 299 Å². The van der Waals surface area contributed by atoms with E-state index in [0.717, 1.165) is 10.0 Å². The number of carbonyl (C=O) groups is 1. The van der Waals surface area contributed by atoms with E-state index in [1.807, 2.05) is 24.3 Å². The second kappa shape index (κ2) is 17.3. The van der Waals surface area contributed by atoms with Crippen LogP contribution in [-0.2, 0) is 32.3 Å². The van der Waals surface area contributed by atoms with E-state index in [-0.39, 0.29) is 30.4 Å². The number of nitrogens with one attached hydrogen (secondary N) is 2. The number of hydrogen-bond donors (Lipinski definition) is 3. The van der Waals surface area contributed by atoms with Crippen LogP contribution >= 0.6 is 15.9 Å².